The summed E-state index contributed by atoms with van der Waals surface area (Å²) in [5, 5.41) is 6.21. The molecule has 0 aliphatic carbocycles. The van der Waals surface area contributed by atoms with Crippen molar-refractivity contribution in [2.75, 3.05) is 40.4 Å². The van der Waals surface area contributed by atoms with Gasteiger partial charge in [0.15, 0.2) is 0 Å². The van der Waals surface area contributed by atoms with Crippen LogP contribution in [0.4, 0.5) is 0 Å². The lowest BCUT2D eigenvalue weighted by Gasteiger charge is -2.21. The summed E-state index contributed by atoms with van der Waals surface area (Å²) in [4.78, 5) is 0. The molecule has 0 saturated heterocycles. The minimum Gasteiger partial charge on any atom is -0.492 e. The summed E-state index contributed by atoms with van der Waals surface area (Å²) in [7, 11) is 7.36. The summed E-state index contributed by atoms with van der Waals surface area (Å²) < 4.78 is 18.3. The molecule has 1 unspecified atom stereocenters. The predicted molar refractivity (Wildman–Crippen MR) is 158 cm³/mol. The summed E-state index contributed by atoms with van der Waals surface area (Å²) in [6.45, 7) is 2.63. The predicted octanol–water partition coefficient (Wildman–Crippen LogP) is 4.43. The van der Waals surface area contributed by atoms with Crippen LogP contribution in [0.2, 0.25) is 0 Å². The van der Waals surface area contributed by atoms with Crippen molar-refractivity contribution in [1.82, 2.24) is 10.6 Å². The first-order chi connectivity index (χ1) is 18.8. The number of likely N-dealkylation sites (N-methyl/N-ethyl adjacent to an activating group) is 2. The van der Waals surface area contributed by atoms with Crippen LogP contribution in [0.5, 0.6) is 5.75 Å². The van der Waals surface area contributed by atoms with E-state index < -0.39 is 6.00 Å². The first kappa shape index (κ1) is 27.7. The van der Waals surface area contributed by atoms with Gasteiger partial charge < -0.3 is 24.7 Å². The van der Waals surface area contributed by atoms with Gasteiger partial charge in [0.1, 0.15) is 11.8 Å². The van der Waals surface area contributed by atoms with Gasteiger partial charge >= 0.3 is 15.0 Å². The molecule has 4 aromatic rings. The Kier molecular flexibility index (Phi) is 11.0. The molecule has 1 atom stereocenters. The maximum absolute atomic E-state index is 6.58. The van der Waals surface area contributed by atoms with Gasteiger partial charge in [0.2, 0.25) is 0 Å². The van der Waals surface area contributed by atoms with Crippen LogP contribution in [-0.4, -0.2) is 55.4 Å². The maximum Gasteiger partial charge on any atom is 0.346 e. The van der Waals surface area contributed by atoms with Crippen molar-refractivity contribution < 1.29 is 14.0 Å². The van der Waals surface area contributed by atoms with E-state index in [-0.39, 0.29) is 0 Å². The highest BCUT2D eigenvalue weighted by atomic mass is 16.5. The van der Waals surface area contributed by atoms with Crippen LogP contribution in [0, 0.1) is 0 Å². The van der Waals surface area contributed by atoms with Crippen LogP contribution < -0.4 is 20.8 Å². The smallest absolute Gasteiger partial charge is 0.346 e. The lowest BCUT2D eigenvalue weighted by atomic mass is 9.82. The Hall–Kier alpha value is -3.35. The average Bonchev–Trinajstić information content (AvgIpc) is 2.98. The first-order valence-electron chi connectivity index (χ1n) is 13.0. The Labute approximate surface area is 228 Å². The van der Waals surface area contributed by atoms with Gasteiger partial charge in [0.05, 0.1) is 0 Å². The molecule has 0 aromatic heterocycles. The van der Waals surface area contributed by atoms with Crippen LogP contribution in [0.25, 0.3) is 22.3 Å². The van der Waals surface area contributed by atoms with E-state index in [0.29, 0.717) is 13.2 Å². The van der Waals surface area contributed by atoms with Crippen molar-refractivity contribution in [3.63, 3.8) is 0 Å². The number of hydrogen-bond donors (Lipinski definition) is 2. The zero-order valence-corrected chi connectivity index (χ0v) is 22.1. The number of nitrogens with one attached hydrogen (secondary N) is 2. The highest BCUT2D eigenvalue weighted by molar-refractivity contribution is 6.48. The Morgan fingerprint density at radius 2 is 1.18 bits per heavy atom. The molecule has 0 bridgehead atoms. The highest BCUT2D eigenvalue weighted by Gasteiger charge is 2.20. The van der Waals surface area contributed by atoms with Crippen molar-refractivity contribution in [3.8, 4) is 28.0 Å². The fourth-order valence-corrected chi connectivity index (χ4v) is 3.99. The van der Waals surface area contributed by atoms with Crippen LogP contribution in [0.1, 0.15) is 11.6 Å². The van der Waals surface area contributed by atoms with Gasteiger partial charge in [-0.1, -0.05) is 97.1 Å². The van der Waals surface area contributed by atoms with Gasteiger partial charge in [0.25, 0.3) is 0 Å². The van der Waals surface area contributed by atoms with E-state index in [1.54, 1.807) is 15.0 Å². The second-order valence-corrected chi connectivity index (χ2v) is 8.85. The van der Waals surface area contributed by atoms with Crippen LogP contribution in [0.15, 0.2) is 103 Å². The van der Waals surface area contributed by atoms with Gasteiger partial charge in [-0.2, -0.15) is 0 Å². The van der Waals surface area contributed by atoms with Gasteiger partial charge in [-0.25, -0.2) is 0 Å². The Balaban J connectivity index is 1.59. The van der Waals surface area contributed by atoms with Gasteiger partial charge in [-0.05, 0) is 53.4 Å². The monoisotopic (exact) mass is 504 g/mol. The number of benzene rings is 4. The van der Waals surface area contributed by atoms with E-state index in [1.807, 2.05) is 56.6 Å². The van der Waals surface area contributed by atoms with Crippen LogP contribution in [0.3, 0.4) is 0 Å². The SMILES string of the molecule is CNCCO[B]c1cc(-c2ccccc2)ccc1OC([B]OCCNC)c1ccc(-c2ccccc2)cc1. The molecule has 4 rings (SSSR count). The third-order valence-electron chi connectivity index (χ3n) is 6.09. The summed E-state index contributed by atoms with van der Waals surface area (Å²) in [6, 6.07) is 34.9. The minimum absolute atomic E-state index is 0.399. The molecule has 0 saturated carbocycles. The van der Waals surface area contributed by atoms with Crippen molar-refractivity contribution >= 4 is 20.4 Å². The highest BCUT2D eigenvalue weighted by Crippen LogP contribution is 2.27. The number of ether oxygens (including phenoxy) is 1. The van der Waals surface area contributed by atoms with Crippen molar-refractivity contribution in [2.45, 2.75) is 6.00 Å². The molecule has 192 valence electrons. The Bertz CT molecular complexity index is 1230. The zero-order valence-electron chi connectivity index (χ0n) is 22.1. The van der Waals surface area contributed by atoms with Crippen molar-refractivity contribution in [1.29, 1.82) is 0 Å². The second-order valence-electron chi connectivity index (χ2n) is 8.85. The molecule has 0 spiro atoms. The van der Waals surface area contributed by atoms with Crippen LogP contribution in [-0.2, 0) is 9.31 Å². The number of rotatable bonds is 15. The quantitative estimate of drug-likeness (QED) is 0.185. The summed E-state index contributed by atoms with van der Waals surface area (Å²) in [6.07, 6.45) is 0. The summed E-state index contributed by atoms with van der Waals surface area (Å²) in [5.74, 6) is 0.722. The molecule has 0 fully saturated rings. The zero-order chi connectivity index (χ0) is 26.4. The molecule has 2 N–H and O–H groups in total. The van der Waals surface area contributed by atoms with E-state index in [4.69, 9.17) is 14.0 Å². The largest absolute Gasteiger partial charge is 0.492 e. The van der Waals surface area contributed by atoms with Gasteiger partial charge in [-0.15, -0.1) is 0 Å². The molecular formula is C31H34B2N2O3. The fourth-order valence-electron chi connectivity index (χ4n) is 3.99. The molecule has 4 aromatic carbocycles. The van der Waals surface area contributed by atoms with E-state index in [9.17, 15) is 0 Å². The summed E-state index contributed by atoms with van der Waals surface area (Å²) in [5.41, 5.74) is 6.44. The average molecular weight is 504 g/mol. The molecule has 7 heteroatoms. The van der Waals surface area contributed by atoms with Crippen LogP contribution >= 0.6 is 0 Å². The normalized spacial score (nSPS) is 11.6. The third-order valence-corrected chi connectivity index (χ3v) is 6.09. The van der Waals surface area contributed by atoms with Gasteiger partial charge in [-0.3, -0.25) is 0 Å². The molecule has 5 nitrogen and oxygen atoms in total. The summed E-state index contributed by atoms with van der Waals surface area (Å²) >= 11 is 0. The molecule has 38 heavy (non-hydrogen) atoms. The molecule has 0 heterocycles. The third kappa shape index (κ3) is 8.07. The fraction of sp³-hybridized carbons (Fsp3) is 0.226. The molecule has 0 amide bonds. The standard InChI is InChI=1S/C31H34B2N2O3/c1-34-19-21-36-32-29-23-28(25-11-7-4-8-12-25)17-18-30(29)38-31(33-37-22-20-35-2)27-15-13-26(14-16-27)24-9-5-3-6-10-24/h3-18,23,31,34-35H,19-22H2,1-2H3. The molecular weight excluding hydrogens is 470 g/mol. The van der Waals surface area contributed by atoms with E-state index in [0.717, 1.165) is 46.6 Å². The maximum atomic E-state index is 6.58. The minimum atomic E-state index is -0.399. The topological polar surface area (TPSA) is 51.8 Å². The van der Waals surface area contributed by atoms with Crippen molar-refractivity contribution in [2.24, 2.45) is 0 Å². The lowest BCUT2D eigenvalue weighted by Crippen LogP contribution is -2.27. The van der Waals surface area contributed by atoms with E-state index in [2.05, 4.69) is 71.3 Å². The first-order valence-corrected chi connectivity index (χ1v) is 13.0. The van der Waals surface area contributed by atoms with Crippen molar-refractivity contribution in [3.05, 3.63) is 109 Å². The second kappa shape index (κ2) is 15.2. The Morgan fingerprint density at radius 3 is 1.82 bits per heavy atom. The van der Waals surface area contributed by atoms with E-state index in [1.165, 1.54) is 5.56 Å². The molecule has 0 aliphatic rings. The van der Waals surface area contributed by atoms with E-state index >= 15 is 0 Å². The molecule has 2 radical (unpaired) electrons. The molecule has 0 aliphatic heterocycles. The Morgan fingerprint density at radius 1 is 0.632 bits per heavy atom. The van der Waals surface area contributed by atoms with Gasteiger partial charge in [0, 0.05) is 26.3 Å². The lowest BCUT2D eigenvalue weighted by molar-refractivity contribution is 0.240. The number of hydrogen-bond acceptors (Lipinski definition) is 5.